The summed E-state index contributed by atoms with van der Waals surface area (Å²) in [5.41, 5.74) is 0.787. The molecule has 0 radical (unpaired) electrons. The molecule has 1 aliphatic rings. The van der Waals surface area contributed by atoms with Crippen molar-refractivity contribution in [2.45, 2.75) is 45.3 Å². The Morgan fingerprint density at radius 2 is 1.90 bits per heavy atom. The summed E-state index contributed by atoms with van der Waals surface area (Å²) in [4.78, 5) is 18.6. The maximum Gasteiger partial charge on any atom is 0.407 e. The summed E-state index contributed by atoms with van der Waals surface area (Å²) in [5, 5.41) is 21.2. The van der Waals surface area contributed by atoms with Crippen LogP contribution in [0.5, 0.6) is 0 Å². The van der Waals surface area contributed by atoms with E-state index < -0.39 is 17.5 Å². The lowest BCUT2D eigenvalue weighted by atomic mass is 10.0. The second kappa shape index (κ2) is 9.01. The van der Waals surface area contributed by atoms with Crippen LogP contribution in [0.2, 0.25) is 0 Å². The summed E-state index contributed by atoms with van der Waals surface area (Å²) in [6, 6.07) is 11.5. The van der Waals surface area contributed by atoms with Crippen molar-refractivity contribution in [1.82, 2.24) is 10.3 Å². The van der Waals surface area contributed by atoms with Crippen LogP contribution in [0.1, 0.15) is 44.7 Å². The summed E-state index contributed by atoms with van der Waals surface area (Å²) >= 11 is 0. The molecule has 2 aromatic rings. The Balaban J connectivity index is 1.73. The molecule has 0 bridgehead atoms. The smallest absolute Gasteiger partial charge is 0.407 e. The van der Waals surface area contributed by atoms with Crippen LogP contribution >= 0.6 is 0 Å². The van der Waals surface area contributed by atoms with Crippen LogP contribution in [0.4, 0.5) is 15.0 Å². The number of hydrogen-bond acceptors (Lipinski definition) is 6. The number of carbonyl (C=O) groups excluding carboxylic acids is 1. The van der Waals surface area contributed by atoms with Crippen molar-refractivity contribution in [3.05, 3.63) is 47.3 Å². The summed E-state index contributed by atoms with van der Waals surface area (Å²) in [6.45, 7) is 6.74. The van der Waals surface area contributed by atoms with Gasteiger partial charge in [0.25, 0.3) is 0 Å². The van der Waals surface area contributed by atoms with E-state index >= 15 is 0 Å². The van der Waals surface area contributed by atoms with E-state index in [2.05, 4.69) is 16.4 Å². The van der Waals surface area contributed by atoms with Crippen LogP contribution < -0.4 is 10.2 Å². The molecule has 31 heavy (non-hydrogen) atoms. The highest BCUT2D eigenvalue weighted by Gasteiger charge is 2.24. The van der Waals surface area contributed by atoms with E-state index in [4.69, 9.17) is 10.00 Å². The van der Waals surface area contributed by atoms with E-state index in [1.54, 1.807) is 24.3 Å². The molecule has 0 spiro atoms. The van der Waals surface area contributed by atoms with Gasteiger partial charge in [-0.1, -0.05) is 6.07 Å². The molecule has 1 aromatic heterocycles. The second-order valence-corrected chi connectivity index (χ2v) is 8.43. The van der Waals surface area contributed by atoms with E-state index in [0.717, 1.165) is 0 Å². The first-order valence-corrected chi connectivity index (χ1v) is 10.0. The topological polar surface area (TPSA) is 102 Å². The Bertz CT molecular complexity index is 1060. The fourth-order valence-electron chi connectivity index (χ4n) is 3.38. The first kappa shape index (κ1) is 22.0. The summed E-state index contributed by atoms with van der Waals surface area (Å²) in [7, 11) is 0. The number of anilines is 1. The van der Waals surface area contributed by atoms with Crippen LogP contribution in [0.3, 0.4) is 0 Å². The molecule has 1 N–H and O–H groups in total. The van der Waals surface area contributed by atoms with Crippen LogP contribution in [0.15, 0.2) is 30.3 Å². The molecule has 3 rings (SSSR count). The summed E-state index contributed by atoms with van der Waals surface area (Å²) < 4.78 is 19.4. The zero-order chi connectivity index (χ0) is 22.6. The Kier molecular flexibility index (Phi) is 6.41. The molecule has 1 aromatic carbocycles. The molecule has 1 amide bonds. The Morgan fingerprint density at radius 1 is 1.19 bits per heavy atom. The first-order valence-electron chi connectivity index (χ1n) is 10.0. The maximum absolute atomic E-state index is 14.1. The number of benzene rings is 1. The van der Waals surface area contributed by atoms with Gasteiger partial charge in [0.05, 0.1) is 22.9 Å². The van der Waals surface area contributed by atoms with Crippen molar-refractivity contribution in [3.8, 4) is 23.4 Å². The van der Waals surface area contributed by atoms with Gasteiger partial charge in [-0.15, -0.1) is 0 Å². The van der Waals surface area contributed by atoms with Gasteiger partial charge >= 0.3 is 6.09 Å². The monoisotopic (exact) mass is 421 g/mol. The number of alkyl carbamates (subject to hydrolysis) is 1. The SMILES string of the molecule is CC(C)(C)OC(=O)NC1CCN(c2cc(C#N)cc(-c3ccc(C#N)c(F)c3)n2)CC1. The lowest BCUT2D eigenvalue weighted by molar-refractivity contribution is 0.0497. The molecule has 0 aliphatic carbocycles. The number of nitriles is 2. The number of halogens is 1. The average molecular weight is 421 g/mol. The molecular weight excluding hydrogens is 397 g/mol. The Labute approximate surface area is 181 Å². The number of nitrogens with zero attached hydrogens (tertiary/aromatic N) is 4. The molecule has 8 heteroatoms. The minimum absolute atomic E-state index is 0.00246. The van der Waals surface area contributed by atoms with Gasteiger partial charge in [-0.05, 0) is 57.9 Å². The van der Waals surface area contributed by atoms with E-state index in [0.29, 0.717) is 48.6 Å². The van der Waals surface area contributed by atoms with Crippen LogP contribution in [-0.4, -0.2) is 35.8 Å². The normalized spacial score (nSPS) is 14.5. The van der Waals surface area contributed by atoms with E-state index in [1.807, 2.05) is 25.7 Å². The van der Waals surface area contributed by atoms with Gasteiger partial charge in [0.15, 0.2) is 0 Å². The van der Waals surface area contributed by atoms with Gasteiger partial charge in [0, 0.05) is 24.7 Å². The number of pyridine rings is 1. The third-order valence-corrected chi connectivity index (χ3v) is 4.87. The summed E-state index contributed by atoms with van der Waals surface area (Å²) in [6.07, 6.45) is 0.984. The number of nitrogens with one attached hydrogen (secondary N) is 1. The van der Waals surface area contributed by atoms with Gasteiger partial charge in [-0.3, -0.25) is 0 Å². The lowest BCUT2D eigenvalue weighted by Crippen LogP contribution is -2.46. The molecule has 7 nitrogen and oxygen atoms in total. The zero-order valence-electron chi connectivity index (χ0n) is 17.8. The van der Waals surface area contributed by atoms with Gasteiger partial charge in [-0.2, -0.15) is 10.5 Å². The van der Waals surface area contributed by atoms with Gasteiger partial charge < -0.3 is 15.0 Å². The fourth-order valence-corrected chi connectivity index (χ4v) is 3.38. The number of carbonyl (C=O) groups is 1. The van der Waals surface area contributed by atoms with Crippen LogP contribution in [-0.2, 0) is 4.74 Å². The molecule has 1 saturated heterocycles. The predicted molar refractivity (Wildman–Crippen MR) is 114 cm³/mol. The average Bonchev–Trinajstić information content (AvgIpc) is 2.72. The van der Waals surface area contributed by atoms with Crippen molar-refractivity contribution in [2.24, 2.45) is 0 Å². The van der Waals surface area contributed by atoms with Crippen molar-refractivity contribution in [3.63, 3.8) is 0 Å². The van der Waals surface area contributed by atoms with Crippen molar-refractivity contribution >= 4 is 11.9 Å². The predicted octanol–water partition coefficient (Wildman–Crippen LogP) is 4.12. The Morgan fingerprint density at radius 3 is 2.48 bits per heavy atom. The van der Waals surface area contributed by atoms with E-state index in [-0.39, 0.29) is 11.6 Å². The van der Waals surface area contributed by atoms with Crippen molar-refractivity contribution in [2.75, 3.05) is 18.0 Å². The lowest BCUT2D eigenvalue weighted by Gasteiger charge is -2.33. The largest absolute Gasteiger partial charge is 0.444 e. The fraction of sp³-hybridized carbons (Fsp3) is 0.391. The number of piperidine rings is 1. The highest BCUT2D eigenvalue weighted by Crippen LogP contribution is 2.26. The molecule has 160 valence electrons. The van der Waals surface area contributed by atoms with E-state index in [1.165, 1.54) is 12.1 Å². The maximum atomic E-state index is 14.1. The second-order valence-electron chi connectivity index (χ2n) is 8.43. The molecule has 2 heterocycles. The van der Waals surface area contributed by atoms with Crippen molar-refractivity contribution in [1.29, 1.82) is 10.5 Å². The highest BCUT2D eigenvalue weighted by molar-refractivity contribution is 5.68. The number of rotatable bonds is 3. The highest BCUT2D eigenvalue weighted by atomic mass is 19.1. The van der Waals surface area contributed by atoms with Crippen molar-refractivity contribution < 1.29 is 13.9 Å². The van der Waals surface area contributed by atoms with Gasteiger partial charge in [0.1, 0.15) is 23.3 Å². The number of amides is 1. The molecule has 1 aliphatic heterocycles. The number of ether oxygens (including phenoxy) is 1. The van der Waals surface area contributed by atoms with Gasteiger partial charge in [-0.25, -0.2) is 14.2 Å². The third kappa shape index (κ3) is 5.70. The van der Waals surface area contributed by atoms with Gasteiger partial charge in [0.2, 0.25) is 0 Å². The number of aromatic nitrogens is 1. The minimum atomic E-state index is -0.625. The minimum Gasteiger partial charge on any atom is -0.444 e. The first-order chi connectivity index (χ1) is 14.7. The van der Waals surface area contributed by atoms with Crippen LogP contribution in [0.25, 0.3) is 11.3 Å². The molecule has 0 atom stereocenters. The quantitative estimate of drug-likeness (QED) is 0.800. The summed E-state index contributed by atoms with van der Waals surface area (Å²) in [5.74, 6) is -0.00530. The molecular formula is C23H24FN5O2. The Hall–Kier alpha value is -3.65. The molecule has 1 fully saturated rings. The van der Waals surface area contributed by atoms with Crippen LogP contribution in [0, 0.1) is 28.5 Å². The molecule has 0 unspecified atom stereocenters. The zero-order valence-corrected chi connectivity index (χ0v) is 17.8. The number of hydrogen-bond donors (Lipinski definition) is 1. The standard InChI is InChI=1S/C23H24FN5O2/c1-23(2,3)31-22(30)27-18-6-8-29(9-7-18)21-11-15(13-25)10-20(28-21)16-4-5-17(14-26)19(24)12-16/h4-5,10-12,18H,6-9H2,1-3H3,(H,27,30). The molecule has 0 saturated carbocycles. The third-order valence-electron chi connectivity index (χ3n) is 4.87. The van der Waals surface area contributed by atoms with E-state index in [9.17, 15) is 14.4 Å².